The van der Waals surface area contributed by atoms with E-state index in [9.17, 15) is 14.4 Å². The third-order valence-corrected chi connectivity index (χ3v) is 6.39. The lowest BCUT2D eigenvalue weighted by molar-refractivity contribution is -0.135. The summed E-state index contributed by atoms with van der Waals surface area (Å²) in [7, 11) is 1.73. The molecule has 1 aliphatic heterocycles. The van der Waals surface area contributed by atoms with Gasteiger partial charge in [-0.15, -0.1) is 0 Å². The second-order valence-electron chi connectivity index (χ2n) is 10.5. The number of nitrogens with one attached hydrogen (secondary N) is 1. The van der Waals surface area contributed by atoms with E-state index in [1.165, 1.54) is 5.56 Å². The fraction of sp³-hybridized carbons (Fsp3) is 0.500. The smallest absolute Gasteiger partial charge is 0.410 e. The molecule has 1 unspecified atom stereocenters. The summed E-state index contributed by atoms with van der Waals surface area (Å²) >= 11 is 0. The highest BCUT2D eigenvalue weighted by atomic mass is 16.6. The van der Waals surface area contributed by atoms with Gasteiger partial charge in [0, 0.05) is 50.2 Å². The van der Waals surface area contributed by atoms with E-state index in [-0.39, 0.29) is 17.9 Å². The van der Waals surface area contributed by atoms with Crippen LogP contribution < -0.4 is 5.32 Å². The van der Waals surface area contributed by atoms with E-state index in [0.717, 1.165) is 41.2 Å². The van der Waals surface area contributed by atoms with Crippen LogP contribution in [0.1, 0.15) is 58.1 Å². The topological polar surface area (TPSA) is 103 Å². The van der Waals surface area contributed by atoms with Crippen molar-refractivity contribution < 1.29 is 23.9 Å². The second kappa shape index (κ2) is 11.3. The van der Waals surface area contributed by atoms with Crippen LogP contribution in [-0.2, 0) is 25.5 Å². The number of hydrogen-bond acceptors (Lipinski definition) is 6. The Kier molecular flexibility index (Phi) is 8.12. The molecule has 3 amide bonds. The van der Waals surface area contributed by atoms with Crippen molar-refractivity contribution >= 4 is 39.8 Å². The zero-order valence-electron chi connectivity index (χ0n) is 22.1. The number of fused-ring (bicyclic) bond motifs is 3. The van der Waals surface area contributed by atoms with Gasteiger partial charge in [-0.05, 0) is 76.3 Å². The molecule has 4 rings (SSSR count). The van der Waals surface area contributed by atoms with Gasteiger partial charge >= 0.3 is 6.09 Å². The number of amides is 3. The van der Waals surface area contributed by atoms with Crippen LogP contribution in [0.2, 0.25) is 0 Å². The van der Waals surface area contributed by atoms with Crippen molar-refractivity contribution in [2.75, 3.05) is 26.8 Å². The fourth-order valence-electron chi connectivity index (χ4n) is 4.64. The third kappa shape index (κ3) is 6.46. The van der Waals surface area contributed by atoms with Crippen molar-refractivity contribution in [2.24, 2.45) is 0 Å². The molecule has 0 bridgehead atoms. The Hall–Kier alpha value is -3.46. The fourth-order valence-corrected chi connectivity index (χ4v) is 4.64. The molecule has 1 fully saturated rings. The van der Waals surface area contributed by atoms with Crippen molar-refractivity contribution in [3.63, 3.8) is 0 Å². The van der Waals surface area contributed by atoms with Crippen molar-refractivity contribution in [1.29, 1.82) is 0 Å². The first-order chi connectivity index (χ1) is 17.6. The molecule has 1 aromatic carbocycles. The molecule has 0 spiro atoms. The first-order valence-electron chi connectivity index (χ1n) is 12.9. The van der Waals surface area contributed by atoms with Crippen LogP contribution in [0, 0.1) is 0 Å². The van der Waals surface area contributed by atoms with Crippen LogP contribution in [0.5, 0.6) is 0 Å². The van der Waals surface area contributed by atoms with Crippen LogP contribution in [0.4, 0.5) is 4.79 Å². The highest BCUT2D eigenvalue weighted by molar-refractivity contribution is 6.09. The van der Waals surface area contributed by atoms with E-state index in [1.54, 1.807) is 18.1 Å². The SMILES string of the molecule is CN(CCCOCCCc1ccc2c(c1)c1cccnc1n2C1CCC(=O)NC1=O)C(=O)OC(C)(C)C. The van der Waals surface area contributed by atoms with E-state index in [4.69, 9.17) is 9.47 Å². The van der Waals surface area contributed by atoms with Gasteiger partial charge in [-0.25, -0.2) is 9.78 Å². The molecule has 2 aromatic heterocycles. The third-order valence-electron chi connectivity index (χ3n) is 6.39. The van der Waals surface area contributed by atoms with E-state index < -0.39 is 11.6 Å². The number of aryl methyl sites for hydroxylation is 1. The summed E-state index contributed by atoms with van der Waals surface area (Å²) in [6.45, 7) is 7.36. The van der Waals surface area contributed by atoms with E-state index in [1.807, 2.05) is 43.5 Å². The summed E-state index contributed by atoms with van der Waals surface area (Å²) in [5, 5.41) is 4.51. The minimum atomic E-state index is -0.499. The number of benzene rings is 1. The largest absolute Gasteiger partial charge is 0.444 e. The molecule has 198 valence electrons. The van der Waals surface area contributed by atoms with Gasteiger partial charge in [0.25, 0.3) is 0 Å². The maximum absolute atomic E-state index is 12.6. The number of piperidine rings is 1. The molecule has 1 aliphatic rings. The Morgan fingerprint density at radius 1 is 1.16 bits per heavy atom. The first kappa shape index (κ1) is 26.6. The number of hydrogen-bond donors (Lipinski definition) is 1. The molecule has 3 heterocycles. The first-order valence-corrected chi connectivity index (χ1v) is 12.9. The number of nitrogens with zero attached hydrogens (tertiary/aromatic N) is 3. The predicted molar refractivity (Wildman–Crippen MR) is 141 cm³/mol. The average Bonchev–Trinajstić information content (AvgIpc) is 3.16. The second-order valence-corrected chi connectivity index (χ2v) is 10.5. The molecule has 0 saturated carbocycles. The lowest BCUT2D eigenvalue weighted by atomic mass is 10.0. The van der Waals surface area contributed by atoms with Crippen LogP contribution >= 0.6 is 0 Å². The summed E-state index contributed by atoms with van der Waals surface area (Å²) in [5.41, 5.74) is 2.38. The van der Waals surface area contributed by atoms with Crippen molar-refractivity contribution in [1.82, 2.24) is 19.8 Å². The quantitative estimate of drug-likeness (QED) is 0.340. The van der Waals surface area contributed by atoms with Gasteiger partial charge < -0.3 is 18.9 Å². The molecule has 0 aliphatic carbocycles. The number of imide groups is 1. The van der Waals surface area contributed by atoms with Crippen LogP contribution in [0.3, 0.4) is 0 Å². The van der Waals surface area contributed by atoms with Gasteiger partial charge in [0.2, 0.25) is 11.8 Å². The van der Waals surface area contributed by atoms with E-state index in [2.05, 4.69) is 22.4 Å². The minimum absolute atomic E-state index is 0.227. The van der Waals surface area contributed by atoms with Crippen LogP contribution in [0.25, 0.3) is 21.9 Å². The zero-order chi connectivity index (χ0) is 26.6. The number of aromatic nitrogens is 2. The Balaban J connectivity index is 1.33. The van der Waals surface area contributed by atoms with Crippen LogP contribution in [-0.4, -0.2) is 64.8 Å². The zero-order valence-corrected chi connectivity index (χ0v) is 22.1. The highest BCUT2D eigenvalue weighted by Crippen LogP contribution is 2.34. The number of ether oxygens (including phenoxy) is 2. The average molecular weight is 509 g/mol. The molecule has 37 heavy (non-hydrogen) atoms. The predicted octanol–water partition coefficient (Wildman–Crippen LogP) is 4.37. The van der Waals surface area contributed by atoms with Gasteiger partial charge in [-0.2, -0.15) is 0 Å². The summed E-state index contributed by atoms with van der Waals surface area (Å²) in [6, 6.07) is 9.76. The van der Waals surface area contributed by atoms with E-state index in [0.29, 0.717) is 32.6 Å². The summed E-state index contributed by atoms with van der Waals surface area (Å²) in [4.78, 5) is 42.4. The Morgan fingerprint density at radius 2 is 1.95 bits per heavy atom. The van der Waals surface area contributed by atoms with Gasteiger partial charge in [-0.3, -0.25) is 14.9 Å². The van der Waals surface area contributed by atoms with Crippen LogP contribution in [0.15, 0.2) is 36.5 Å². The molecular formula is C28H36N4O5. The Morgan fingerprint density at radius 3 is 2.70 bits per heavy atom. The number of pyridine rings is 1. The van der Waals surface area contributed by atoms with Crippen molar-refractivity contribution in [3.05, 3.63) is 42.1 Å². The maximum atomic E-state index is 12.6. The van der Waals surface area contributed by atoms with E-state index >= 15 is 0 Å². The Labute approximate surface area is 217 Å². The molecule has 1 N–H and O–H groups in total. The van der Waals surface area contributed by atoms with Gasteiger partial charge in [-0.1, -0.05) is 6.07 Å². The molecular weight excluding hydrogens is 472 g/mol. The standard InChI is InChI=1S/C28H36N4O5/c1-28(2,3)37-27(35)31(4)15-7-17-36-16-6-8-19-10-11-22-21(18-19)20-9-5-14-29-25(20)32(22)23-12-13-24(33)30-26(23)34/h5,9-11,14,18,23H,6-8,12-13,15-17H2,1-4H3,(H,30,33,34). The maximum Gasteiger partial charge on any atom is 0.410 e. The summed E-state index contributed by atoms with van der Waals surface area (Å²) < 4.78 is 13.1. The Bertz CT molecular complexity index is 1290. The molecule has 0 radical (unpaired) electrons. The van der Waals surface area contributed by atoms with Gasteiger partial charge in [0.15, 0.2) is 0 Å². The monoisotopic (exact) mass is 508 g/mol. The molecule has 1 saturated heterocycles. The number of rotatable bonds is 9. The van der Waals surface area contributed by atoms with Crippen molar-refractivity contribution in [2.45, 2.75) is 64.5 Å². The van der Waals surface area contributed by atoms with Gasteiger partial charge in [0.1, 0.15) is 17.3 Å². The minimum Gasteiger partial charge on any atom is -0.444 e. The lowest BCUT2D eigenvalue weighted by Gasteiger charge is -2.24. The summed E-state index contributed by atoms with van der Waals surface area (Å²) in [6.07, 6.45) is 4.67. The molecule has 3 aromatic rings. The molecule has 1 atom stereocenters. The summed E-state index contributed by atoms with van der Waals surface area (Å²) in [5.74, 6) is -0.506. The molecule has 9 nitrogen and oxygen atoms in total. The normalized spacial score (nSPS) is 16.3. The van der Waals surface area contributed by atoms with Crippen molar-refractivity contribution in [3.8, 4) is 0 Å². The highest BCUT2D eigenvalue weighted by Gasteiger charge is 2.30. The number of carbonyl (C=O) groups excluding carboxylic acids is 3. The van der Waals surface area contributed by atoms with Gasteiger partial charge in [0.05, 0.1) is 5.52 Å². The molecule has 9 heteroatoms. The lowest BCUT2D eigenvalue weighted by Crippen LogP contribution is -2.41. The number of carbonyl (C=O) groups is 3.